The molecule has 0 N–H and O–H groups in total. The lowest BCUT2D eigenvalue weighted by atomic mass is 10.1. The Balaban J connectivity index is 2.63. The van der Waals surface area contributed by atoms with Crippen LogP contribution >= 0.6 is 15.9 Å². The predicted octanol–water partition coefficient (Wildman–Crippen LogP) is 1.89. The summed E-state index contributed by atoms with van der Waals surface area (Å²) in [6, 6.07) is 0. The predicted molar refractivity (Wildman–Crippen MR) is 46.6 cm³/mol. The molecule has 1 aliphatic rings. The number of alkyl halides is 1. The van der Waals surface area contributed by atoms with Crippen LogP contribution < -0.4 is 0 Å². The van der Waals surface area contributed by atoms with E-state index in [1.165, 1.54) is 7.11 Å². The topological polar surface area (TPSA) is 26.3 Å². The fourth-order valence-electron chi connectivity index (χ4n) is 1.17. The molecule has 0 unspecified atom stereocenters. The van der Waals surface area contributed by atoms with Gasteiger partial charge in [-0.3, -0.25) is 0 Å². The molecule has 0 aromatic carbocycles. The molecule has 0 saturated carbocycles. The molecule has 0 aromatic rings. The number of esters is 1. The van der Waals surface area contributed by atoms with Crippen molar-refractivity contribution < 1.29 is 9.53 Å². The van der Waals surface area contributed by atoms with E-state index in [0.29, 0.717) is 10.7 Å². The standard InChI is InChI=1S/C8H11BrO2/c1-5-3-6(4-7(5)9)8(10)11-2/h4-5,7H,3H2,1-2H3/t5-,7+/m0/s1. The lowest BCUT2D eigenvalue weighted by Crippen LogP contribution is -2.04. The maximum absolute atomic E-state index is 11.0. The smallest absolute Gasteiger partial charge is 0.333 e. The monoisotopic (exact) mass is 218 g/mol. The van der Waals surface area contributed by atoms with Gasteiger partial charge < -0.3 is 4.74 Å². The van der Waals surface area contributed by atoms with Gasteiger partial charge in [0.2, 0.25) is 0 Å². The van der Waals surface area contributed by atoms with Gasteiger partial charge in [-0.25, -0.2) is 4.79 Å². The van der Waals surface area contributed by atoms with Crippen LogP contribution in [-0.2, 0) is 9.53 Å². The second-order valence-electron chi connectivity index (χ2n) is 2.81. The summed E-state index contributed by atoms with van der Waals surface area (Å²) in [6.07, 6.45) is 2.75. The molecular weight excluding hydrogens is 208 g/mol. The van der Waals surface area contributed by atoms with Crippen LogP contribution in [0, 0.1) is 5.92 Å². The van der Waals surface area contributed by atoms with Gasteiger partial charge in [0.1, 0.15) is 0 Å². The first-order valence-corrected chi connectivity index (χ1v) is 4.49. The maximum atomic E-state index is 11.0. The van der Waals surface area contributed by atoms with Gasteiger partial charge in [-0.15, -0.1) is 0 Å². The van der Waals surface area contributed by atoms with Crippen molar-refractivity contribution >= 4 is 21.9 Å². The molecule has 0 aromatic heterocycles. The minimum atomic E-state index is -0.196. The number of rotatable bonds is 1. The zero-order valence-corrected chi connectivity index (χ0v) is 8.22. The molecule has 0 bridgehead atoms. The first kappa shape index (κ1) is 8.78. The Kier molecular flexibility index (Phi) is 2.71. The van der Waals surface area contributed by atoms with Crippen LogP contribution in [-0.4, -0.2) is 17.9 Å². The molecule has 0 heterocycles. The average molecular weight is 219 g/mol. The Hall–Kier alpha value is -0.310. The van der Waals surface area contributed by atoms with E-state index in [9.17, 15) is 4.79 Å². The summed E-state index contributed by atoms with van der Waals surface area (Å²) < 4.78 is 4.60. The average Bonchev–Trinajstić information content (AvgIpc) is 2.31. The summed E-state index contributed by atoms with van der Waals surface area (Å²) in [5, 5.41) is 0. The molecule has 0 spiro atoms. The quantitative estimate of drug-likeness (QED) is 0.497. The molecule has 0 aliphatic heterocycles. The fraction of sp³-hybridized carbons (Fsp3) is 0.625. The third kappa shape index (κ3) is 1.83. The molecule has 3 heteroatoms. The van der Waals surface area contributed by atoms with E-state index < -0.39 is 0 Å². The molecule has 11 heavy (non-hydrogen) atoms. The van der Waals surface area contributed by atoms with Crippen molar-refractivity contribution in [3.05, 3.63) is 11.6 Å². The summed E-state index contributed by atoms with van der Waals surface area (Å²) in [5.41, 5.74) is 0.793. The molecule has 0 amide bonds. The van der Waals surface area contributed by atoms with Crippen molar-refractivity contribution in [2.45, 2.75) is 18.2 Å². The summed E-state index contributed by atoms with van der Waals surface area (Å²) in [5.74, 6) is 0.308. The van der Waals surface area contributed by atoms with Crippen molar-refractivity contribution in [3.63, 3.8) is 0 Å². The highest BCUT2D eigenvalue weighted by molar-refractivity contribution is 9.09. The molecule has 0 fully saturated rings. The van der Waals surface area contributed by atoms with Gasteiger partial charge in [0.25, 0.3) is 0 Å². The zero-order chi connectivity index (χ0) is 8.43. The second kappa shape index (κ2) is 3.39. The van der Waals surface area contributed by atoms with Crippen molar-refractivity contribution in [1.82, 2.24) is 0 Å². The molecule has 2 atom stereocenters. The normalized spacial score (nSPS) is 29.9. The van der Waals surface area contributed by atoms with Crippen LogP contribution in [0.4, 0.5) is 0 Å². The minimum Gasteiger partial charge on any atom is -0.466 e. The Labute approximate surface area is 74.7 Å². The van der Waals surface area contributed by atoms with E-state index in [4.69, 9.17) is 0 Å². The number of allylic oxidation sites excluding steroid dienone is 1. The Morgan fingerprint density at radius 3 is 2.82 bits per heavy atom. The number of methoxy groups -OCH3 is 1. The van der Waals surface area contributed by atoms with E-state index in [1.54, 1.807) is 0 Å². The van der Waals surface area contributed by atoms with Gasteiger partial charge >= 0.3 is 5.97 Å². The number of carbonyl (C=O) groups is 1. The van der Waals surface area contributed by atoms with Gasteiger partial charge in [-0.2, -0.15) is 0 Å². The summed E-state index contributed by atoms with van der Waals surface area (Å²) in [7, 11) is 1.41. The van der Waals surface area contributed by atoms with Crippen molar-refractivity contribution in [2.24, 2.45) is 5.92 Å². The van der Waals surface area contributed by atoms with Crippen LogP contribution in [0.15, 0.2) is 11.6 Å². The minimum absolute atomic E-state index is 0.196. The molecule has 0 radical (unpaired) electrons. The Morgan fingerprint density at radius 1 is 1.82 bits per heavy atom. The van der Waals surface area contributed by atoms with E-state index in [1.807, 2.05) is 6.08 Å². The summed E-state index contributed by atoms with van der Waals surface area (Å²) in [6.45, 7) is 2.10. The highest BCUT2D eigenvalue weighted by Crippen LogP contribution is 2.30. The van der Waals surface area contributed by atoms with Crippen LogP contribution in [0.5, 0.6) is 0 Å². The Bertz CT molecular complexity index is 198. The molecule has 0 saturated heterocycles. The van der Waals surface area contributed by atoms with Crippen LogP contribution in [0.1, 0.15) is 13.3 Å². The summed E-state index contributed by atoms with van der Waals surface area (Å²) >= 11 is 3.46. The van der Waals surface area contributed by atoms with E-state index in [0.717, 1.165) is 12.0 Å². The van der Waals surface area contributed by atoms with Gasteiger partial charge in [0.05, 0.1) is 7.11 Å². The van der Waals surface area contributed by atoms with Crippen LogP contribution in [0.3, 0.4) is 0 Å². The SMILES string of the molecule is COC(=O)C1=C[C@@H](Br)[C@@H](C)C1. The Morgan fingerprint density at radius 2 is 2.45 bits per heavy atom. The third-order valence-electron chi connectivity index (χ3n) is 1.89. The van der Waals surface area contributed by atoms with Crippen molar-refractivity contribution in [3.8, 4) is 0 Å². The first-order chi connectivity index (χ1) is 5.15. The zero-order valence-electron chi connectivity index (χ0n) is 6.63. The lowest BCUT2D eigenvalue weighted by molar-refractivity contribution is -0.136. The second-order valence-corrected chi connectivity index (χ2v) is 3.87. The lowest BCUT2D eigenvalue weighted by Gasteiger charge is -2.04. The molecule has 1 rings (SSSR count). The number of ether oxygens (including phenoxy) is 1. The van der Waals surface area contributed by atoms with Gasteiger partial charge in [-0.05, 0) is 12.3 Å². The van der Waals surface area contributed by atoms with Gasteiger partial charge in [-0.1, -0.05) is 28.9 Å². The number of hydrogen-bond acceptors (Lipinski definition) is 2. The third-order valence-corrected chi connectivity index (χ3v) is 3.06. The highest BCUT2D eigenvalue weighted by Gasteiger charge is 2.25. The molecule has 62 valence electrons. The van der Waals surface area contributed by atoms with Crippen molar-refractivity contribution in [1.29, 1.82) is 0 Å². The van der Waals surface area contributed by atoms with Crippen molar-refractivity contribution in [2.75, 3.05) is 7.11 Å². The largest absolute Gasteiger partial charge is 0.466 e. The maximum Gasteiger partial charge on any atom is 0.333 e. The summed E-state index contributed by atoms with van der Waals surface area (Å²) in [4.78, 5) is 11.3. The molecule has 1 aliphatic carbocycles. The number of carbonyl (C=O) groups excluding carboxylic acids is 1. The first-order valence-electron chi connectivity index (χ1n) is 3.58. The van der Waals surface area contributed by atoms with Gasteiger partial charge in [0, 0.05) is 10.4 Å². The van der Waals surface area contributed by atoms with Gasteiger partial charge in [0.15, 0.2) is 0 Å². The number of hydrogen-bond donors (Lipinski definition) is 0. The molecular formula is C8H11BrO2. The van der Waals surface area contributed by atoms with Crippen LogP contribution in [0.2, 0.25) is 0 Å². The fourth-order valence-corrected chi connectivity index (χ4v) is 1.67. The van der Waals surface area contributed by atoms with E-state index >= 15 is 0 Å². The van der Waals surface area contributed by atoms with E-state index in [2.05, 4.69) is 27.6 Å². The molecule has 2 nitrogen and oxygen atoms in total. The number of halogens is 1. The van der Waals surface area contributed by atoms with E-state index in [-0.39, 0.29) is 5.97 Å². The van der Waals surface area contributed by atoms with Crippen LogP contribution in [0.25, 0.3) is 0 Å². The highest BCUT2D eigenvalue weighted by atomic mass is 79.9.